The quantitative estimate of drug-likeness (QED) is 0.198. The third kappa shape index (κ3) is 4.39. The van der Waals surface area contributed by atoms with E-state index in [2.05, 4.69) is 0 Å². The molecule has 0 radical (unpaired) electrons. The number of esters is 3. The molecule has 11 atom stereocenters. The van der Waals surface area contributed by atoms with Crippen LogP contribution in [0.15, 0.2) is 0 Å². The van der Waals surface area contributed by atoms with Crippen LogP contribution in [0.5, 0.6) is 0 Å². The second kappa shape index (κ2) is 10.4. The summed E-state index contributed by atoms with van der Waals surface area (Å²) in [6.07, 6.45) is 10.3. The average molecular weight is 725 g/mol. The molecule has 0 aromatic rings. The smallest absolute Gasteiger partial charge is 0.462 e. The van der Waals surface area contributed by atoms with Gasteiger partial charge in [-0.3, -0.25) is 14.1 Å². The van der Waals surface area contributed by atoms with Gasteiger partial charge >= 0.3 is 33.3 Å². The first-order chi connectivity index (χ1) is 23.6. The van der Waals surface area contributed by atoms with Crippen LogP contribution in [0, 0.1) is 64.1 Å². The van der Waals surface area contributed by atoms with E-state index in [4.69, 9.17) is 28.2 Å². The third-order valence-corrected chi connectivity index (χ3v) is 16.7. The number of carbonyl (C=O) groups excluding carboxylic acids is 3. The van der Waals surface area contributed by atoms with Crippen LogP contribution in [0.3, 0.4) is 0 Å². The van der Waals surface area contributed by atoms with Crippen LogP contribution in [0.1, 0.15) is 96.3 Å². The van der Waals surface area contributed by atoms with Crippen LogP contribution in [0.4, 0.5) is 8.78 Å². The van der Waals surface area contributed by atoms with Crippen molar-refractivity contribution in [3.8, 4) is 0 Å². The van der Waals surface area contributed by atoms with E-state index >= 15 is 0 Å². The first kappa shape index (κ1) is 32.7. The predicted molar refractivity (Wildman–Crippen MR) is 165 cm³/mol. The van der Waals surface area contributed by atoms with Crippen LogP contribution in [0.25, 0.3) is 0 Å². The molecule has 14 heteroatoms. The van der Waals surface area contributed by atoms with Crippen molar-refractivity contribution >= 4 is 28.0 Å². The van der Waals surface area contributed by atoms with Gasteiger partial charge in [-0.05, 0) is 138 Å². The minimum Gasteiger partial charge on any atom is -0.462 e. The van der Waals surface area contributed by atoms with Gasteiger partial charge in [0.15, 0.2) is 5.79 Å². The summed E-state index contributed by atoms with van der Waals surface area (Å²) in [6.45, 7) is -0.123. The van der Waals surface area contributed by atoms with E-state index in [1.54, 1.807) is 0 Å². The van der Waals surface area contributed by atoms with E-state index < -0.39 is 55.8 Å². The van der Waals surface area contributed by atoms with E-state index in [1.807, 2.05) is 0 Å². The standard InChI is InChI=1S/C36H46F2O11S/c37-36(38,50(42,43)44)31(41)49-33-3-1-2-25-24(14-33)26(15-33)35(25)47-27(16-45-29(39)32-9-20-5-21(12-32)22(6-20)13-32)28(48-35)17-46-30(40)34-10-18-4-19(11-34)8-23(34)7-18/h18-28H,1-17H2,(H,42,43,44). The Bertz CT molecular complexity index is 1600. The zero-order valence-electron chi connectivity index (χ0n) is 28.1. The monoisotopic (exact) mass is 724 g/mol. The minimum absolute atomic E-state index is 0.0607. The lowest BCUT2D eigenvalue weighted by Crippen LogP contribution is -2.62. The molecule has 1 heterocycles. The minimum atomic E-state index is -6.02. The maximum atomic E-state index is 14.3. The van der Waals surface area contributed by atoms with E-state index in [-0.39, 0.29) is 62.2 Å². The summed E-state index contributed by atoms with van der Waals surface area (Å²) in [4.78, 5) is 40.0. The Morgan fingerprint density at radius 3 is 2.02 bits per heavy atom. The fourth-order valence-electron chi connectivity index (χ4n) is 14.4. The van der Waals surface area contributed by atoms with Crippen molar-refractivity contribution < 1.29 is 59.8 Å². The number of ether oxygens (including phenoxy) is 5. The van der Waals surface area contributed by atoms with Gasteiger partial charge in [-0.25, -0.2) is 4.79 Å². The van der Waals surface area contributed by atoms with E-state index in [1.165, 1.54) is 19.3 Å². The van der Waals surface area contributed by atoms with Gasteiger partial charge in [0, 0.05) is 11.8 Å². The largest absolute Gasteiger partial charge is 0.465 e. The lowest BCUT2D eigenvalue weighted by atomic mass is 9.59. The van der Waals surface area contributed by atoms with Crippen LogP contribution >= 0.6 is 0 Å². The van der Waals surface area contributed by atoms with Gasteiger partial charge in [0.1, 0.15) is 31.0 Å². The Morgan fingerprint density at radius 1 is 0.780 bits per heavy atom. The van der Waals surface area contributed by atoms with Gasteiger partial charge < -0.3 is 23.7 Å². The van der Waals surface area contributed by atoms with E-state index in [0.717, 1.165) is 44.9 Å². The summed E-state index contributed by atoms with van der Waals surface area (Å²) in [5.41, 5.74) is -2.24. The van der Waals surface area contributed by atoms with Crippen LogP contribution in [-0.4, -0.2) is 72.9 Å². The summed E-state index contributed by atoms with van der Waals surface area (Å²) >= 11 is 0. The van der Waals surface area contributed by atoms with Crippen molar-refractivity contribution in [1.29, 1.82) is 0 Å². The molecule has 1 aliphatic heterocycles. The van der Waals surface area contributed by atoms with E-state index in [9.17, 15) is 31.6 Å². The number of alkyl halides is 2. The number of fused-ring (bicyclic) bond motifs is 3. The summed E-state index contributed by atoms with van der Waals surface area (Å²) in [5, 5.41) is -5.09. The third-order valence-electron chi connectivity index (χ3n) is 15.9. The molecule has 11 aliphatic carbocycles. The summed E-state index contributed by atoms with van der Waals surface area (Å²) in [5.74, 6) is -1.19. The second-order valence-corrected chi connectivity index (χ2v) is 19.9. The number of hydrogen-bond donors (Lipinski definition) is 1. The molecular weight excluding hydrogens is 678 g/mol. The SMILES string of the molecule is O=C(OCC1OC2(OC1COC(=O)C13CC4CC(CC1C4)C3)C1CCCC3(OC(=O)C(F)(F)S(=O)(=O)O)CC1C2C3)C12CC3CC(C1)C(C3)C2. The molecule has 276 valence electrons. The average Bonchev–Trinajstić information content (AvgIpc) is 3.82. The highest BCUT2D eigenvalue weighted by molar-refractivity contribution is 7.87. The maximum absolute atomic E-state index is 14.3. The molecule has 12 fully saturated rings. The van der Waals surface area contributed by atoms with Crippen molar-refractivity contribution in [2.75, 3.05) is 13.2 Å². The molecule has 12 aliphatic rings. The fraction of sp³-hybridized carbons (Fsp3) is 0.917. The molecule has 11 unspecified atom stereocenters. The first-order valence-corrected chi connectivity index (χ1v) is 20.4. The van der Waals surface area contributed by atoms with Crippen molar-refractivity contribution in [2.24, 2.45) is 64.1 Å². The highest BCUT2D eigenvalue weighted by Crippen LogP contribution is 2.70. The summed E-state index contributed by atoms with van der Waals surface area (Å²) in [7, 11) is -6.02. The fourth-order valence-corrected chi connectivity index (χ4v) is 14.6. The molecular formula is C36H46F2O11S. The molecule has 0 aromatic heterocycles. The molecule has 1 spiro atoms. The predicted octanol–water partition coefficient (Wildman–Crippen LogP) is 4.81. The Labute approximate surface area is 289 Å². The normalized spacial score (nSPS) is 51.6. The van der Waals surface area contributed by atoms with Crippen LogP contribution in [0.2, 0.25) is 0 Å². The maximum Gasteiger partial charge on any atom is 0.465 e. The number of hydrogen-bond acceptors (Lipinski definition) is 10. The van der Waals surface area contributed by atoms with Gasteiger partial charge in [0.05, 0.1) is 10.8 Å². The molecule has 12 rings (SSSR count). The molecule has 1 N–H and O–H groups in total. The van der Waals surface area contributed by atoms with Gasteiger partial charge in [0.2, 0.25) is 0 Å². The molecule has 0 aromatic carbocycles. The lowest BCUT2D eigenvalue weighted by Gasteiger charge is -2.55. The Balaban J connectivity index is 0.877. The molecule has 11 saturated carbocycles. The highest BCUT2D eigenvalue weighted by atomic mass is 32.2. The molecule has 50 heavy (non-hydrogen) atoms. The number of halogens is 2. The van der Waals surface area contributed by atoms with Crippen molar-refractivity contribution in [1.82, 2.24) is 0 Å². The Morgan fingerprint density at radius 2 is 1.40 bits per heavy atom. The topological polar surface area (TPSA) is 152 Å². The zero-order valence-corrected chi connectivity index (χ0v) is 28.9. The Kier molecular flexibility index (Phi) is 6.81. The van der Waals surface area contributed by atoms with E-state index in [0.29, 0.717) is 48.3 Å². The molecule has 0 amide bonds. The van der Waals surface area contributed by atoms with Crippen molar-refractivity contribution in [3.05, 3.63) is 0 Å². The lowest BCUT2D eigenvalue weighted by molar-refractivity contribution is -0.327. The van der Waals surface area contributed by atoms with Crippen molar-refractivity contribution in [2.45, 2.75) is 125 Å². The number of carbonyl (C=O) groups is 3. The van der Waals surface area contributed by atoms with Gasteiger partial charge in [-0.2, -0.15) is 17.2 Å². The molecule has 10 bridgehead atoms. The van der Waals surface area contributed by atoms with Gasteiger partial charge in [-0.1, -0.05) is 0 Å². The summed E-state index contributed by atoms with van der Waals surface area (Å²) < 4.78 is 91.2. The first-order valence-electron chi connectivity index (χ1n) is 18.9. The van der Waals surface area contributed by atoms with Gasteiger partial charge in [0.25, 0.3) is 0 Å². The van der Waals surface area contributed by atoms with Crippen molar-refractivity contribution in [3.63, 3.8) is 0 Å². The Hall–Kier alpha value is -1.90. The molecule has 11 nitrogen and oxygen atoms in total. The zero-order chi connectivity index (χ0) is 34.6. The van der Waals surface area contributed by atoms with Crippen LogP contribution < -0.4 is 0 Å². The van der Waals surface area contributed by atoms with Crippen LogP contribution in [-0.2, 0) is 48.2 Å². The number of rotatable bonds is 9. The molecule has 1 saturated heterocycles. The summed E-state index contributed by atoms with van der Waals surface area (Å²) in [6, 6.07) is 0. The van der Waals surface area contributed by atoms with Gasteiger partial charge in [-0.15, -0.1) is 0 Å². The highest BCUT2D eigenvalue weighted by Gasteiger charge is 2.75. The second-order valence-electron chi connectivity index (χ2n) is 18.4.